The maximum Gasteiger partial charge on any atom is 0.413 e. The highest BCUT2D eigenvalue weighted by Crippen LogP contribution is 2.35. The first-order chi connectivity index (χ1) is 7.73. The van der Waals surface area contributed by atoms with Crippen molar-refractivity contribution in [3.63, 3.8) is 0 Å². The lowest BCUT2D eigenvalue weighted by atomic mass is 10.0. The van der Waals surface area contributed by atoms with Crippen molar-refractivity contribution in [3.05, 3.63) is 23.7 Å². The number of aromatic nitrogens is 4. The Kier molecular flexibility index (Phi) is 2.35. The lowest BCUT2D eigenvalue weighted by molar-refractivity contribution is -0.186. The third kappa shape index (κ3) is 1.74. The fourth-order valence-corrected chi connectivity index (χ4v) is 1.33. The van der Waals surface area contributed by atoms with Gasteiger partial charge in [-0.1, -0.05) is 0 Å². The van der Waals surface area contributed by atoms with E-state index in [2.05, 4.69) is 15.3 Å². The van der Waals surface area contributed by atoms with Crippen LogP contribution in [0.3, 0.4) is 0 Å². The summed E-state index contributed by atoms with van der Waals surface area (Å²) in [5, 5.41) is 11.0. The summed E-state index contributed by atoms with van der Waals surface area (Å²) in [4.78, 5) is 0. The molecular weight excluding hydrogens is 235 g/mol. The van der Waals surface area contributed by atoms with E-state index in [9.17, 15) is 13.2 Å². The van der Waals surface area contributed by atoms with Crippen molar-refractivity contribution in [2.24, 2.45) is 5.73 Å². The van der Waals surface area contributed by atoms with Crippen LogP contribution >= 0.6 is 0 Å². The summed E-state index contributed by atoms with van der Waals surface area (Å²) < 4.78 is 39.4. The monoisotopic (exact) mass is 245 g/mol. The van der Waals surface area contributed by atoms with Gasteiger partial charge in [-0.3, -0.25) is 0 Å². The molecule has 2 N–H and O–H groups in total. The molecule has 0 fully saturated rings. The highest BCUT2D eigenvalue weighted by molar-refractivity contribution is 5.37. The predicted molar refractivity (Wildman–Crippen MR) is 53.1 cm³/mol. The first-order valence-corrected chi connectivity index (χ1v) is 4.78. The number of aryl methyl sites for hydroxylation is 1. The van der Waals surface area contributed by atoms with Gasteiger partial charge in [0.25, 0.3) is 0 Å². The second-order valence-electron chi connectivity index (χ2n) is 3.97. The molecule has 92 valence electrons. The Morgan fingerprint density at radius 2 is 1.88 bits per heavy atom. The quantitative estimate of drug-likeness (QED) is 0.818. The molecular formula is C9H10F3N5. The molecule has 2 aromatic heterocycles. The average molecular weight is 245 g/mol. The molecule has 0 bridgehead atoms. The molecule has 8 heteroatoms. The van der Waals surface area contributed by atoms with Gasteiger partial charge < -0.3 is 5.73 Å². The summed E-state index contributed by atoms with van der Waals surface area (Å²) in [5.41, 5.74) is 3.48. The Bertz CT molecular complexity index is 557. The van der Waals surface area contributed by atoms with Crippen molar-refractivity contribution in [2.45, 2.75) is 25.6 Å². The molecule has 0 aliphatic rings. The summed E-state index contributed by atoms with van der Waals surface area (Å²) in [6, 6.07) is 3.17. The van der Waals surface area contributed by atoms with E-state index in [1.54, 1.807) is 13.0 Å². The standard InChI is InChI=1S/C9H10F3N5/c1-5-3-4-6-14-15-7(17(6)16-5)8(2,13)9(10,11)12/h3-4H,13H2,1-2H3. The van der Waals surface area contributed by atoms with Gasteiger partial charge in [-0.25, -0.2) is 0 Å². The molecule has 0 saturated carbocycles. The van der Waals surface area contributed by atoms with Crippen molar-refractivity contribution in [2.75, 3.05) is 0 Å². The van der Waals surface area contributed by atoms with Crippen LogP contribution in [0.2, 0.25) is 0 Å². The van der Waals surface area contributed by atoms with Gasteiger partial charge in [0.15, 0.2) is 17.0 Å². The van der Waals surface area contributed by atoms with Crippen molar-refractivity contribution in [1.82, 2.24) is 19.8 Å². The maximum atomic E-state index is 12.8. The molecule has 0 aliphatic heterocycles. The number of alkyl halides is 3. The van der Waals surface area contributed by atoms with E-state index in [1.165, 1.54) is 6.07 Å². The fourth-order valence-electron chi connectivity index (χ4n) is 1.33. The number of nitrogens with zero attached hydrogens (tertiary/aromatic N) is 4. The Morgan fingerprint density at radius 1 is 1.24 bits per heavy atom. The minimum atomic E-state index is -4.62. The van der Waals surface area contributed by atoms with Gasteiger partial charge in [0.1, 0.15) is 0 Å². The number of fused-ring (bicyclic) bond motifs is 1. The smallest absolute Gasteiger partial charge is 0.311 e. The van der Waals surface area contributed by atoms with Crippen LogP contribution in [0.15, 0.2) is 12.1 Å². The third-order valence-electron chi connectivity index (χ3n) is 2.45. The van der Waals surface area contributed by atoms with E-state index in [0.717, 1.165) is 11.4 Å². The molecule has 0 spiro atoms. The number of rotatable bonds is 1. The van der Waals surface area contributed by atoms with Gasteiger partial charge in [-0.15, -0.1) is 10.2 Å². The van der Waals surface area contributed by atoms with E-state index >= 15 is 0 Å². The molecule has 0 aromatic carbocycles. The lowest BCUT2D eigenvalue weighted by Crippen LogP contribution is -2.49. The second kappa shape index (κ2) is 3.39. The van der Waals surface area contributed by atoms with E-state index in [1.807, 2.05) is 0 Å². The molecule has 0 saturated heterocycles. The predicted octanol–water partition coefficient (Wildman–Crippen LogP) is 1.17. The zero-order valence-corrected chi connectivity index (χ0v) is 9.15. The van der Waals surface area contributed by atoms with Gasteiger partial charge in [0.05, 0.1) is 5.69 Å². The molecule has 0 radical (unpaired) electrons. The highest BCUT2D eigenvalue weighted by atomic mass is 19.4. The number of nitrogens with two attached hydrogens (primary N) is 1. The van der Waals surface area contributed by atoms with Crippen molar-refractivity contribution >= 4 is 5.65 Å². The second-order valence-corrected chi connectivity index (χ2v) is 3.97. The van der Waals surface area contributed by atoms with E-state index < -0.39 is 17.5 Å². The van der Waals surface area contributed by atoms with E-state index in [4.69, 9.17) is 5.73 Å². The Balaban J connectivity index is 2.68. The summed E-state index contributed by atoms with van der Waals surface area (Å²) >= 11 is 0. The van der Waals surface area contributed by atoms with Crippen LogP contribution in [-0.4, -0.2) is 26.0 Å². The van der Waals surface area contributed by atoms with Crippen molar-refractivity contribution < 1.29 is 13.2 Å². The Labute approximate surface area is 94.4 Å². The Hall–Kier alpha value is -1.70. The van der Waals surface area contributed by atoms with Crippen LogP contribution < -0.4 is 5.73 Å². The van der Waals surface area contributed by atoms with Gasteiger partial charge in [0.2, 0.25) is 0 Å². The molecule has 2 rings (SSSR count). The van der Waals surface area contributed by atoms with E-state index in [0.29, 0.717) is 5.69 Å². The van der Waals surface area contributed by atoms with Crippen LogP contribution in [-0.2, 0) is 5.54 Å². The zero-order valence-electron chi connectivity index (χ0n) is 9.15. The molecule has 2 aromatic rings. The van der Waals surface area contributed by atoms with Crippen LogP contribution in [0.4, 0.5) is 13.2 Å². The van der Waals surface area contributed by atoms with Gasteiger partial charge in [0, 0.05) is 0 Å². The summed E-state index contributed by atoms with van der Waals surface area (Å²) in [6.45, 7) is 2.50. The molecule has 0 amide bonds. The maximum absolute atomic E-state index is 12.8. The first-order valence-electron chi connectivity index (χ1n) is 4.78. The van der Waals surface area contributed by atoms with Crippen LogP contribution in [0, 0.1) is 6.92 Å². The largest absolute Gasteiger partial charge is 0.413 e. The SMILES string of the molecule is Cc1ccc2nnc(C(C)(N)C(F)(F)F)n2n1. The van der Waals surface area contributed by atoms with Crippen LogP contribution in [0.5, 0.6) is 0 Å². The number of hydrogen-bond donors (Lipinski definition) is 1. The van der Waals surface area contributed by atoms with Gasteiger partial charge >= 0.3 is 6.18 Å². The Morgan fingerprint density at radius 3 is 2.47 bits per heavy atom. The van der Waals surface area contributed by atoms with Gasteiger partial charge in [-0.05, 0) is 26.0 Å². The van der Waals surface area contributed by atoms with Crippen LogP contribution in [0.25, 0.3) is 5.65 Å². The molecule has 2 heterocycles. The molecule has 0 aliphatic carbocycles. The lowest BCUT2D eigenvalue weighted by Gasteiger charge is -2.25. The van der Waals surface area contributed by atoms with Gasteiger partial charge in [-0.2, -0.15) is 22.8 Å². The number of halogens is 3. The topological polar surface area (TPSA) is 69.1 Å². The minimum Gasteiger partial charge on any atom is -0.311 e. The van der Waals surface area contributed by atoms with E-state index in [-0.39, 0.29) is 5.65 Å². The first kappa shape index (κ1) is 11.8. The molecule has 17 heavy (non-hydrogen) atoms. The fraction of sp³-hybridized carbons (Fsp3) is 0.444. The highest BCUT2D eigenvalue weighted by Gasteiger charge is 2.52. The zero-order chi connectivity index (χ0) is 12.8. The average Bonchev–Trinajstić information content (AvgIpc) is 2.58. The molecule has 1 atom stereocenters. The summed E-state index contributed by atoms with van der Waals surface area (Å²) in [5.74, 6) is -0.427. The minimum absolute atomic E-state index is 0.228. The summed E-state index contributed by atoms with van der Waals surface area (Å²) in [6.07, 6.45) is -4.62. The molecule has 1 unspecified atom stereocenters. The normalized spacial score (nSPS) is 16.1. The van der Waals surface area contributed by atoms with Crippen molar-refractivity contribution in [3.8, 4) is 0 Å². The van der Waals surface area contributed by atoms with Crippen LogP contribution in [0.1, 0.15) is 18.4 Å². The molecule has 5 nitrogen and oxygen atoms in total. The number of hydrogen-bond acceptors (Lipinski definition) is 4. The van der Waals surface area contributed by atoms with Crippen molar-refractivity contribution in [1.29, 1.82) is 0 Å². The summed E-state index contributed by atoms with van der Waals surface area (Å²) in [7, 11) is 0. The third-order valence-corrected chi connectivity index (χ3v) is 2.45.